The molecule has 1 saturated carbocycles. The summed E-state index contributed by atoms with van der Waals surface area (Å²) in [6.07, 6.45) is 5.24. The van der Waals surface area contributed by atoms with Gasteiger partial charge in [0.25, 0.3) is 0 Å². The molecule has 1 unspecified atom stereocenters. The molecule has 3 heteroatoms. The van der Waals surface area contributed by atoms with Crippen LogP contribution >= 0.6 is 0 Å². The lowest BCUT2D eigenvalue weighted by molar-refractivity contribution is 0.462. The zero-order chi connectivity index (χ0) is 12.8. The van der Waals surface area contributed by atoms with Crippen molar-refractivity contribution in [3.63, 3.8) is 0 Å². The molecule has 4 rings (SSSR count). The summed E-state index contributed by atoms with van der Waals surface area (Å²) in [5, 5.41) is 3.50. The highest BCUT2D eigenvalue weighted by Crippen LogP contribution is 2.39. The molecule has 0 spiro atoms. The van der Waals surface area contributed by atoms with E-state index in [0.29, 0.717) is 12.0 Å². The molecule has 3 nitrogen and oxygen atoms in total. The zero-order valence-corrected chi connectivity index (χ0v) is 11.5. The normalized spacial score (nSPS) is 23.9. The third-order valence-electron chi connectivity index (χ3n) is 4.57. The van der Waals surface area contributed by atoms with Crippen molar-refractivity contribution in [2.24, 2.45) is 0 Å². The van der Waals surface area contributed by atoms with Crippen LogP contribution in [0.1, 0.15) is 49.0 Å². The average molecular weight is 255 g/mol. The molecule has 1 N–H and O–H groups in total. The van der Waals surface area contributed by atoms with E-state index in [1.807, 2.05) is 0 Å². The maximum atomic E-state index is 4.77. The Bertz CT molecular complexity index is 604. The van der Waals surface area contributed by atoms with Crippen LogP contribution in [0.5, 0.6) is 0 Å². The van der Waals surface area contributed by atoms with Gasteiger partial charge in [0.1, 0.15) is 5.82 Å². The van der Waals surface area contributed by atoms with Gasteiger partial charge in [-0.15, -0.1) is 0 Å². The lowest BCUT2D eigenvalue weighted by Crippen LogP contribution is -2.28. The van der Waals surface area contributed by atoms with Crippen LogP contribution in [0.3, 0.4) is 0 Å². The molecule has 1 aliphatic carbocycles. The molecule has 2 aromatic rings. The molecule has 1 aromatic carbocycles. The van der Waals surface area contributed by atoms with Gasteiger partial charge in [0.2, 0.25) is 0 Å². The Morgan fingerprint density at radius 3 is 2.89 bits per heavy atom. The summed E-state index contributed by atoms with van der Waals surface area (Å²) in [7, 11) is 0. The van der Waals surface area contributed by atoms with E-state index in [2.05, 4.69) is 35.0 Å². The topological polar surface area (TPSA) is 29.9 Å². The Balaban J connectivity index is 1.75. The fraction of sp³-hybridized carbons (Fsp3) is 0.562. The summed E-state index contributed by atoms with van der Waals surface area (Å²) in [5.41, 5.74) is 3.97. The molecular weight excluding hydrogens is 234 g/mol. The molecule has 0 radical (unpaired) electrons. The number of hydrogen-bond acceptors (Lipinski definition) is 2. The predicted molar refractivity (Wildman–Crippen MR) is 77.6 cm³/mol. The van der Waals surface area contributed by atoms with E-state index in [-0.39, 0.29) is 0 Å². The van der Waals surface area contributed by atoms with E-state index in [0.717, 1.165) is 6.54 Å². The number of hydrogen-bond donors (Lipinski definition) is 1. The van der Waals surface area contributed by atoms with Crippen molar-refractivity contribution < 1.29 is 0 Å². The summed E-state index contributed by atoms with van der Waals surface area (Å²) >= 11 is 0. The summed E-state index contributed by atoms with van der Waals surface area (Å²) < 4.78 is 2.43. The average Bonchev–Trinajstić information content (AvgIpc) is 3.21. The number of nitrogens with one attached hydrogen (secondary N) is 1. The first-order valence-electron chi connectivity index (χ1n) is 7.52. The molecule has 2 fully saturated rings. The van der Waals surface area contributed by atoms with Gasteiger partial charge in [0, 0.05) is 12.6 Å². The minimum atomic E-state index is 0.671. The van der Waals surface area contributed by atoms with Gasteiger partial charge in [-0.05, 0) is 62.8 Å². The van der Waals surface area contributed by atoms with Crippen molar-refractivity contribution in [2.75, 3.05) is 13.1 Å². The SMILES string of the molecule is Cc1nc2cc(C3CCCNC3)ccc2n1C1CC1. The smallest absolute Gasteiger partial charge is 0.106 e. The van der Waals surface area contributed by atoms with Gasteiger partial charge in [-0.1, -0.05) is 6.07 Å². The first-order valence-corrected chi connectivity index (χ1v) is 7.52. The summed E-state index contributed by atoms with van der Waals surface area (Å²) in [6.45, 7) is 4.43. The first-order chi connectivity index (χ1) is 9.33. The second-order valence-corrected chi connectivity index (χ2v) is 6.05. The standard InChI is InChI=1S/C16H21N3/c1-11-18-15-9-12(13-3-2-8-17-10-13)4-7-16(15)19(11)14-5-6-14/h4,7,9,13-14,17H,2-3,5-6,8,10H2,1H3. The van der Waals surface area contributed by atoms with Crippen LogP contribution in [-0.4, -0.2) is 22.6 Å². The monoisotopic (exact) mass is 255 g/mol. The lowest BCUT2D eigenvalue weighted by atomic mass is 9.91. The van der Waals surface area contributed by atoms with Gasteiger partial charge in [0.15, 0.2) is 0 Å². The van der Waals surface area contributed by atoms with Crippen LogP contribution in [0, 0.1) is 6.92 Å². The van der Waals surface area contributed by atoms with Crippen LogP contribution in [0.4, 0.5) is 0 Å². The van der Waals surface area contributed by atoms with Gasteiger partial charge in [-0.3, -0.25) is 0 Å². The number of aromatic nitrogens is 2. The molecule has 19 heavy (non-hydrogen) atoms. The zero-order valence-electron chi connectivity index (χ0n) is 11.5. The Hall–Kier alpha value is -1.35. The number of rotatable bonds is 2. The highest BCUT2D eigenvalue weighted by atomic mass is 15.1. The first kappa shape index (κ1) is 11.5. The molecular formula is C16H21N3. The van der Waals surface area contributed by atoms with E-state index >= 15 is 0 Å². The van der Waals surface area contributed by atoms with E-state index in [9.17, 15) is 0 Å². The molecule has 1 saturated heterocycles. The van der Waals surface area contributed by atoms with Gasteiger partial charge < -0.3 is 9.88 Å². The molecule has 1 aromatic heterocycles. The van der Waals surface area contributed by atoms with Gasteiger partial charge in [-0.25, -0.2) is 4.98 Å². The minimum Gasteiger partial charge on any atom is -0.325 e. The van der Waals surface area contributed by atoms with Crippen LogP contribution in [0.25, 0.3) is 11.0 Å². The predicted octanol–water partition coefficient (Wildman–Crippen LogP) is 3.15. The molecule has 2 aliphatic rings. The van der Waals surface area contributed by atoms with E-state index in [1.54, 1.807) is 0 Å². The number of benzene rings is 1. The van der Waals surface area contributed by atoms with Crippen molar-refractivity contribution in [2.45, 2.75) is 44.6 Å². The second kappa shape index (κ2) is 4.34. The molecule has 0 amide bonds. The molecule has 100 valence electrons. The van der Waals surface area contributed by atoms with Crippen molar-refractivity contribution in [1.29, 1.82) is 0 Å². The van der Waals surface area contributed by atoms with E-state index < -0.39 is 0 Å². The molecule has 2 heterocycles. The minimum absolute atomic E-state index is 0.671. The Morgan fingerprint density at radius 2 is 2.16 bits per heavy atom. The summed E-state index contributed by atoms with van der Waals surface area (Å²) in [4.78, 5) is 4.77. The maximum Gasteiger partial charge on any atom is 0.106 e. The molecule has 1 atom stereocenters. The van der Waals surface area contributed by atoms with Crippen molar-refractivity contribution >= 4 is 11.0 Å². The quantitative estimate of drug-likeness (QED) is 0.893. The number of aryl methyl sites for hydroxylation is 1. The fourth-order valence-corrected chi connectivity index (χ4v) is 3.42. The number of imidazole rings is 1. The van der Waals surface area contributed by atoms with E-state index in [4.69, 9.17) is 4.98 Å². The second-order valence-electron chi connectivity index (χ2n) is 6.05. The van der Waals surface area contributed by atoms with Gasteiger partial charge >= 0.3 is 0 Å². The van der Waals surface area contributed by atoms with E-state index in [1.165, 1.54) is 54.6 Å². The Kier molecular flexibility index (Phi) is 2.62. The Labute approximate surface area is 114 Å². The third kappa shape index (κ3) is 1.96. The van der Waals surface area contributed by atoms with Crippen molar-refractivity contribution in [3.8, 4) is 0 Å². The maximum absolute atomic E-state index is 4.77. The van der Waals surface area contributed by atoms with Gasteiger partial charge in [-0.2, -0.15) is 0 Å². The van der Waals surface area contributed by atoms with Crippen LogP contribution < -0.4 is 5.32 Å². The fourth-order valence-electron chi connectivity index (χ4n) is 3.42. The largest absolute Gasteiger partial charge is 0.325 e. The number of piperidine rings is 1. The summed E-state index contributed by atoms with van der Waals surface area (Å²) in [6, 6.07) is 7.64. The van der Waals surface area contributed by atoms with Crippen LogP contribution in [0.15, 0.2) is 18.2 Å². The molecule has 0 bridgehead atoms. The lowest BCUT2D eigenvalue weighted by Gasteiger charge is -2.23. The van der Waals surface area contributed by atoms with Crippen molar-refractivity contribution in [3.05, 3.63) is 29.6 Å². The number of nitrogens with zero attached hydrogens (tertiary/aromatic N) is 2. The molecule has 1 aliphatic heterocycles. The van der Waals surface area contributed by atoms with Crippen LogP contribution in [-0.2, 0) is 0 Å². The van der Waals surface area contributed by atoms with Gasteiger partial charge in [0.05, 0.1) is 11.0 Å². The highest BCUT2D eigenvalue weighted by molar-refractivity contribution is 5.77. The third-order valence-corrected chi connectivity index (χ3v) is 4.57. The van der Waals surface area contributed by atoms with Crippen molar-refractivity contribution in [1.82, 2.24) is 14.9 Å². The van der Waals surface area contributed by atoms with Crippen LogP contribution in [0.2, 0.25) is 0 Å². The highest BCUT2D eigenvalue weighted by Gasteiger charge is 2.27. The number of fused-ring (bicyclic) bond motifs is 1. The summed E-state index contributed by atoms with van der Waals surface area (Å²) in [5.74, 6) is 1.85. The Morgan fingerprint density at radius 1 is 1.26 bits per heavy atom.